The van der Waals surface area contributed by atoms with Gasteiger partial charge in [0.25, 0.3) is 0 Å². The van der Waals surface area contributed by atoms with Crippen molar-refractivity contribution in [1.82, 2.24) is 19.8 Å². The number of likely N-dealkylation sites (tertiary alicyclic amines) is 1. The molecule has 5 rings (SSSR count). The van der Waals surface area contributed by atoms with Crippen molar-refractivity contribution in [3.05, 3.63) is 60.6 Å². The fourth-order valence-electron chi connectivity index (χ4n) is 5.95. The number of benzene rings is 1. The van der Waals surface area contributed by atoms with E-state index < -0.39 is 6.04 Å². The van der Waals surface area contributed by atoms with Crippen LogP contribution < -0.4 is 5.32 Å². The van der Waals surface area contributed by atoms with Gasteiger partial charge in [0.1, 0.15) is 6.04 Å². The first kappa shape index (κ1) is 24.5. The molecule has 2 amide bonds. The van der Waals surface area contributed by atoms with Gasteiger partial charge in [-0.25, -0.2) is 0 Å². The zero-order valence-electron chi connectivity index (χ0n) is 21.5. The third kappa shape index (κ3) is 4.91. The summed E-state index contributed by atoms with van der Waals surface area (Å²) in [5.41, 5.74) is 3.20. The summed E-state index contributed by atoms with van der Waals surface area (Å²) in [4.78, 5) is 33.5. The van der Waals surface area contributed by atoms with Crippen molar-refractivity contribution in [2.75, 3.05) is 6.54 Å². The summed E-state index contributed by atoms with van der Waals surface area (Å²) < 4.78 is 2.16. The highest BCUT2D eigenvalue weighted by atomic mass is 16.2. The van der Waals surface area contributed by atoms with Gasteiger partial charge in [-0.05, 0) is 67.2 Å². The lowest BCUT2D eigenvalue weighted by molar-refractivity contribution is -0.140. The second kappa shape index (κ2) is 10.9. The molecule has 2 aliphatic rings. The van der Waals surface area contributed by atoms with Gasteiger partial charge in [-0.2, -0.15) is 0 Å². The highest BCUT2D eigenvalue weighted by Gasteiger charge is 2.39. The van der Waals surface area contributed by atoms with Gasteiger partial charge < -0.3 is 14.8 Å². The number of hydrogen-bond donors (Lipinski definition) is 1. The maximum Gasteiger partial charge on any atom is 0.245 e. The number of para-hydroxylation sites is 1. The molecule has 2 fully saturated rings. The monoisotopic (exact) mass is 486 g/mol. The van der Waals surface area contributed by atoms with Crippen molar-refractivity contribution in [1.29, 1.82) is 0 Å². The van der Waals surface area contributed by atoms with Crippen molar-refractivity contribution < 1.29 is 9.59 Å². The normalized spacial score (nSPS) is 20.4. The minimum absolute atomic E-state index is 0.000297. The van der Waals surface area contributed by atoms with Crippen molar-refractivity contribution in [3.8, 4) is 5.69 Å². The van der Waals surface area contributed by atoms with Crippen LogP contribution in [0.3, 0.4) is 0 Å². The van der Waals surface area contributed by atoms with Crippen molar-refractivity contribution in [2.45, 2.75) is 77.3 Å². The molecule has 3 atom stereocenters. The van der Waals surface area contributed by atoms with Crippen LogP contribution in [0.25, 0.3) is 16.6 Å². The summed E-state index contributed by atoms with van der Waals surface area (Å²) in [6.45, 7) is 4.69. The molecule has 1 aromatic carbocycles. The maximum absolute atomic E-state index is 14.0. The van der Waals surface area contributed by atoms with Crippen LogP contribution in [0.2, 0.25) is 0 Å². The summed E-state index contributed by atoms with van der Waals surface area (Å²) in [6.07, 6.45) is 14.0. The molecule has 1 N–H and O–H groups in total. The fraction of sp³-hybridized carbons (Fsp3) is 0.500. The first-order valence-electron chi connectivity index (χ1n) is 13.7. The molecule has 1 saturated heterocycles. The van der Waals surface area contributed by atoms with Crippen molar-refractivity contribution in [2.24, 2.45) is 11.8 Å². The standard InChI is InChI=1S/C30H38N4O2/c1-3-21(2)29(35)32-28(23-11-5-4-6-12-23)30(36)34-16-9-14-27(34)24-18-25(20-31-19-24)33-17-15-22-10-7-8-13-26(22)33/h7-8,10,13,15,17-21,23,27-28H,3-6,9,11-12,14,16H2,1-2H3,(H,32,35). The smallest absolute Gasteiger partial charge is 0.245 e. The summed E-state index contributed by atoms with van der Waals surface area (Å²) in [7, 11) is 0. The lowest BCUT2D eigenvalue weighted by Crippen LogP contribution is -2.53. The molecule has 6 heteroatoms. The van der Waals surface area contributed by atoms with Crippen molar-refractivity contribution in [3.63, 3.8) is 0 Å². The Balaban J connectivity index is 1.41. The molecule has 0 spiro atoms. The molecule has 3 unspecified atom stereocenters. The van der Waals surface area contributed by atoms with E-state index in [0.717, 1.165) is 68.3 Å². The van der Waals surface area contributed by atoms with E-state index in [1.807, 2.05) is 43.3 Å². The van der Waals surface area contributed by atoms with Gasteiger partial charge in [-0.15, -0.1) is 0 Å². The average Bonchev–Trinajstić information content (AvgIpc) is 3.59. The number of nitrogens with one attached hydrogen (secondary N) is 1. The zero-order valence-corrected chi connectivity index (χ0v) is 21.5. The van der Waals surface area contributed by atoms with E-state index in [1.165, 1.54) is 11.8 Å². The lowest BCUT2D eigenvalue weighted by Gasteiger charge is -2.35. The summed E-state index contributed by atoms with van der Waals surface area (Å²) in [6, 6.07) is 12.2. The van der Waals surface area contributed by atoms with E-state index in [9.17, 15) is 9.59 Å². The van der Waals surface area contributed by atoms with Crippen LogP contribution in [0.1, 0.15) is 76.8 Å². The summed E-state index contributed by atoms with van der Waals surface area (Å²) >= 11 is 0. The third-order valence-corrected chi connectivity index (χ3v) is 8.29. The van der Waals surface area contributed by atoms with Gasteiger partial charge in [-0.3, -0.25) is 14.6 Å². The van der Waals surface area contributed by atoms with Gasteiger partial charge in [0, 0.05) is 24.9 Å². The Hall–Kier alpha value is -3.15. The molecule has 36 heavy (non-hydrogen) atoms. The van der Waals surface area contributed by atoms with E-state index in [0.29, 0.717) is 0 Å². The van der Waals surface area contributed by atoms with Gasteiger partial charge in [0.2, 0.25) is 11.8 Å². The molecule has 190 valence electrons. The topological polar surface area (TPSA) is 67.2 Å². The van der Waals surface area contributed by atoms with E-state index in [2.05, 4.69) is 45.3 Å². The third-order valence-electron chi connectivity index (χ3n) is 8.29. The average molecular weight is 487 g/mol. The van der Waals surface area contributed by atoms with Crippen LogP contribution in [0.5, 0.6) is 0 Å². The molecule has 1 aliphatic carbocycles. The molecule has 0 radical (unpaired) electrons. The maximum atomic E-state index is 14.0. The van der Waals surface area contributed by atoms with Crippen LogP contribution in [0.4, 0.5) is 0 Å². The molecule has 3 heterocycles. The number of carbonyl (C=O) groups excluding carboxylic acids is 2. The molecule has 3 aromatic rings. The molecule has 2 aromatic heterocycles. The zero-order chi connectivity index (χ0) is 25.1. The van der Waals surface area contributed by atoms with E-state index in [-0.39, 0.29) is 29.7 Å². The highest BCUT2D eigenvalue weighted by molar-refractivity contribution is 5.89. The Labute approximate surface area is 214 Å². The molecular formula is C30H38N4O2. The predicted octanol–water partition coefficient (Wildman–Crippen LogP) is 5.80. The first-order chi connectivity index (χ1) is 17.6. The number of aromatic nitrogens is 2. The van der Waals surface area contributed by atoms with Crippen molar-refractivity contribution >= 4 is 22.7 Å². The van der Waals surface area contributed by atoms with Gasteiger partial charge in [-0.1, -0.05) is 51.3 Å². The highest BCUT2D eigenvalue weighted by Crippen LogP contribution is 2.36. The van der Waals surface area contributed by atoms with E-state index in [4.69, 9.17) is 0 Å². The van der Waals surface area contributed by atoms with E-state index >= 15 is 0 Å². The van der Waals surface area contributed by atoms with E-state index in [1.54, 1.807) is 0 Å². The van der Waals surface area contributed by atoms with Crippen LogP contribution in [0, 0.1) is 11.8 Å². The second-order valence-corrected chi connectivity index (χ2v) is 10.6. The Morgan fingerprint density at radius 2 is 1.86 bits per heavy atom. The number of pyridine rings is 1. The Kier molecular flexibility index (Phi) is 7.40. The molecular weight excluding hydrogens is 448 g/mol. The van der Waals surface area contributed by atoms with Gasteiger partial charge in [0.05, 0.1) is 23.4 Å². The number of fused-ring (bicyclic) bond motifs is 1. The second-order valence-electron chi connectivity index (χ2n) is 10.6. The first-order valence-corrected chi connectivity index (χ1v) is 13.7. The molecule has 1 aliphatic heterocycles. The predicted molar refractivity (Wildman–Crippen MR) is 143 cm³/mol. The molecule has 1 saturated carbocycles. The number of nitrogens with zero attached hydrogens (tertiary/aromatic N) is 3. The number of amides is 2. The Morgan fingerprint density at radius 1 is 1.06 bits per heavy atom. The van der Waals surface area contributed by atoms with Crippen LogP contribution in [0.15, 0.2) is 55.0 Å². The number of carbonyl (C=O) groups is 2. The quantitative estimate of drug-likeness (QED) is 0.459. The van der Waals surface area contributed by atoms with Crippen LogP contribution >= 0.6 is 0 Å². The minimum Gasteiger partial charge on any atom is -0.344 e. The number of hydrogen-bond acceptors (Lipinski definition) is 3. The van der Waals surface area contributed by atoms with Crippen LogP contribution in [-0.4, -0.2) is 38.9 Å². The summed E-state index contributed by atoms with van der Waals surface area (Å²) in [5, 5.41) is 4.38. The fourth-order valence-corrected chi connectivity index (χ4v) is 5.95. The molecule has 0 bridgehead atoms. The summed E-state index contributed by atoms with van der Waals surface area (Å²) in [5.74, 6) is 0.213. The SMILES string of the molecule is CCC(C)C(=O)NC(C(=O)N1CCCC1c1cncc(-n2ccc3ccccc32)c1)C1CCCCC1. The largest absolute Gasteiger partial charge is 0.344 e. The molecule has 6 nitrogen and oxygen atoms in total. The van der Waals surface area contributed by atoms with Crippen LogP contribution in [-0.2, 0) is 9.59 Å². The Bertz CT molecular complexity index is 1210. The van der Waals surface area contributed by atoms with Gasteiger partial charge in [0.15, 0.2) is 0 Å². The number of rotatable bonds is 7. The Morgan fingerprint density at radius 3 is 2.67 bits per heavy atom. The lowest BCUT2D eigenvalue weighted by atomic mass is 9.83. The minimum atomic E-state index is -0.433. The van der Waals surface area contributed by atoms with Gasteiger partial charge >= 0.3 is 0 Å².